The molecule has 32 heavy (non-hydrogen) atoms. The van der Waals surface area contributed by atoms with Gasteiger partial charge in [-0.1, -0.05) is 0 Å². The third kappa shape index (κ3) is 4.68. The zero-order valence-corrected chi connectivity index (χ0v) is 18.2. The van der Waals surface area contributed by atoms with Crippen LogP contribution in [-0.4, -0.2) is 42.6 Å². The third-order valence-electron chi connectivity index (χ3n) is 4.72. The van der Waals surface area contributed by atoms with E-state index in [1.54, 1.807) is 42.7 Å². The topological polar surface area (TPSA) is 102 Å². The van der Waals surface area contributed by atoms with E-state index in [2.05, 4.69) is 25.3 Å². The summed E-state index contributed by atoms with van der Waals surface area (Å²) in [4.78, 5) is 33.1. The summed E-state index contributed by atoms with van der Waals surface area (Å²) in [6.45, 7) is -0.177. The van der Waals surface area contributed by atoms with Crippen molar-refractivity contribution in [2.75, 3.05) is 26.1 Å². The van der Waals surface area contributed by atoms with Crippen molar-refractivity contribution in [3.05, 3.63) is 66.5 Å². The van der Waals surface area contributed by atoms with Crippen molar-refractivity contribution in [3.63, 3.8) is 0 Å². The summed E-state index contributed by atoms with van der Waals surface area (Å²) in [5.74, 6) is 0.630. The van der Waals surface area contributed by atoms with Gasteiger partial charge < -0.3 is 20.1 Å². The van der Waals surface area contributed by atoms with Crippen LogP contribution in [0.5, 0.6) is 5.75 Å². The molecule has 2 aromatic carbocycles. The Balaban J connectivity index is 1.52. The van der Waals surface area contributed by atoms with E-state index in [0.29, 0.717) is 11.4 Å². The number of amides is 1. The molecular formula is C23H20N4O4S. The molecule has 0 bridgehead atoms. The molecule has 2 heterocycles. The van der Waals surface area contributed by atoms with Gasteiger partial charge in [0.2, 0.25) is 0 Å². The molecule has 4 rings (SSSR count). The second-order valence-electron chi connectivity index (χ2n) is 6.74. The van der Waals surface area contributed by atoms with Crippen LogP contribution in [0.1, 0.15) is 10.4 Å². The van der Waals surface area contributed by atoms with E-state index in [0.717, 1.165) is 32.1 Å². The van der Waals surface area contributed by atoms with E-state index >= 15 is 0 Å². The summed E-state index contributed by atoms with van der Waals surface area (Å²) in [5.41, 5.74) is 3.12. The molecule has 0 unspecified atom stereocenters. The summed E-state index contributed by atoms with van der Waals surface area (Å²) in [7, 11) is 2.91. The Morgan fingerprint density at radius 2 is 1.75 bits per heavy atom. The average molecular weight is 449 g/mol. The normalized spacial score (nSPS) is 10.6. The molecule has 162 valence electrons. The highest BCUT2D eigenvalue weighted by Crippen LogP contribution is 2.37. The fraction of sp³-hybridized carbons (Fsp3) is 0.130. The number of carbonyl (C=O) groups excluding carboxylic acids is 2. The van der Waals surface area contributed by atoms with E-state index < -0.39 is 5.97 Å². The first-order chi connectivity index (χ1) is 15.6. The minimum atomic E-state index is -0.505. The highest BCUT2D eigenvalue weighted by Gasteiger charge is 2.12. The van der Waals surface area contributed by atoms with Crippen LogP contribution < -0.4 is 15.4 Å². The maximum atomic E-state index is 12.1. The highest BCUT2D eigenvalue weighted by atomic mass is 32.1. The molecule has 1 amide bonds. The number of benzene rings is 2. The van der Waals surface area contributed by atoms with Gasteiger partial charge >= 0.3 is 5.97 Å². The van der Waals surface area contributed by atoms with E-state index in [1.807, 2.05) is 30.3 Å². The molecule has 0 atom stereocenters. The molecule has 9 heteroatoms. The van der Waals surface area contributed by atoms with Crippen molar-refractivity contribution in [3.8, 4) is 16.2 Å². The monoisotopic (exact) mass is 448 g/mol. The summed E-state index contributed by atoms with van der Waals surface area (Å²) in [6, 6.07) is 16.8. The molecule has 0 spiro atoms. The number of carbonyl (C=O) groups is 2. The lowest BCUT2D eigenvalue weighted by molar-refractivity contribution is -0.139. The first-order valence-electron chi connectivity index (χ1n) is 9.68. The number of aromatic nitrogens is 2. The van der Waals surface area contributed by atoms with Crippen molar-refractivity contribution >= 4 is 44.9 Å². The van der Waals surface area contributed by atoms with E-state index in [1.165, 1.54) is 13.4 Å². The number of esters is 1. The van der Waals surface area contributed by atoms with Gasteiger partial charge in [0, 0.05) is 16.1 Å². The largest absolute Gasteiger partial charge is 0.497 e. The van der Waals surface area contributed by atoms with Gasteiger partial charge in [-0.15, -0.1) is 11.3 Å². The summed E-state index contributed by atoms with van der Waals surface area (Å²) in [6.07, 6.45) is 1.52. The molecule has 0 radical (unpaired) electrons. The average Bonchev–Trinajstić information content (AvgIpc) is 3.28. The van der Waals surface area contributed by atoms with E-state index in [-0.39, 0.29) is 12.5 Å². The molecule has 0 saturated heterocycles. The summed E-state index contributed by atoms with van der Waals surface area (Å²) in [5, 5.41) is 5.80. The van der Waals surface area contributed by atoms with Crippen LogP contribution in [0.25, 0.3) is 20.7 Å². The Hall–Kier alpha value is -3.98. The molecule has 2 aromatic heterocycles. The van der Waals surface area contributed by atoms with Gasteiger partial charge in [0.1, 0.15) is 18.6 Å². The third-order valence-corrected chi connectivity index (χ3v) is 5.90. The van der Waals surface area contributed by atoms with Crippen molar-refractivity contribution in [1.29, 1.82) is 0 Å². The highest BCUT2D eigenvalue weighted by molar-refractivity contribution is 7.22. The first-order valence-corrected chi connectivity index (χ1v) is 10.5. The lowest BCUT2D eigenvalue weighted by atomic mass is 10.2. The van der Waals surface area contributed by atoms with Gasteiger partial charge in [0.15, 0.2) is 5.82 Å². The second kappa shape index (κ2) is 9.44. The fourth-order valence-electron chi connectivity index (χ4n) is 3.01. The second-order valence-corrected chi connectivity index (χ2v) is 7.79. The summed E-state index contributed by atoms with van der Waals surface area (Å²) >= 11 is 1.59. The number of rotatable bonds is 7. The van der Waals surface area contributed by atoms with E-state index in [9.17, 15) is 9.59 Å². The van der Waals surface area contributed by atoms with Crippen molar-refractivity contribution in [2.24, 2.45) is 0 Å². The molecule has 8 nitrogen and oxygen atoms in total. The number of nitrogens with zero attached hydrogens (tertiary/aromatic N) is 2. The van der Waals surface area contributed by atoms with Crippen LogP contribution >= 0.6 is 11.3 Å². The van der Waals surface area contributed by atoms with Crippen LogP contribution in [0.3, 0.4) is 0 Å². The molecule has 0 aliphatic heterocycles. The van der Waals surface area contributed by atoms with Crippen LogP contribution in [0, 0.1) is 0 Å². The maximum Gasteiger partial charge on any atom is 0.325 e. The number of anilines is 2. The fourth-order valence-corrected chi connectivity index (χ4v) is 4.07. The number of fused-ring (bicyclic) bond motifs is 1. The molecule has 0 fully saturated rings. The number of methoxy groups -OCH3 is 2. The molecule has 0 saturated carbocycles. The van der Waals surface area contributed by atoms with Crippen LogP contribution in [0.4, 0.5) is 11.5 Å². The molecular weight excluding hydrogens is 428 g/mol. The Morgan fingerprint density at radius 1 is 1.00 bits per heavy atom. The van der Waals surface area contributed by atoms with Gasteiger partial charge in [-0.2, -0.15) is 0 Å². The molecule has 2 N–H and O–H groups in total. The number of thiophene rings is 1. The Bertz CT molecular complexity index is 1250. The van der Waals surface area contributed by atoms with Gasteiger partial charge in [-0.25, -0.2) is 9.97 Å². The Labute approximate surface area is 188 Å². The quantitative estimate of drug-likeness (QED) is 0.412. The SMILES string of the molecule is COC(=O)CNC(=O)c1ccc(Nc2ncnc3cc(-c4ccc(OC)cc4)sc23)cc1. The Kier molecular flexibility index (Phi) is 6.27. The number of hydrogen-bond acceptors (Lipinski definition) is 8. The van der Waals surface area contributed by atoms with Gasteiger partial charge in [0.25, 0.3) is 5.91 Å². The molecule has 4 aromatic rings. The van der Waals surface area contributed by atoms with E-state index in [4.69, 9.17) is 4.74 Å². The van der Waals surface area contributed by atoms with Crippen molar-refractivity contribution in [2.45, 2.75) is 0 Å². The predicted molar refractivity (Wildman–Crippen MR) is 123 cm³/mol. The summed E-state index contributed by atoms with van der Waals surface area (Å²) < 4.78 is 10.7. The first kappa shape index (κ1) is 21.3. The minimum absolute atomic E-state index is 0.177. The van der Waals surface area contributed by atoms with Crippen LogP contribution in [0.2, 0.25) is 0 Å². The minimum Gasteiger partial charge on any atom is -0.497 e. The predicted octanol–water partition coefficient (Wildman–Crippen LogP) is 4.01. The zero-order chi connectivity index (χ0) is 22.5. The van der Waals surface area contributed by atoms with Gasteiger partial charge in [0.05, 0.1) is 24.4 Å². The lowest BCUT2D eigenvalue weighted by Crippen LogP contribution is -2.30. The smallest absolute Gasteiger partial charge is 0.325 e. The lowest BCUT2D eigenvalue weighted by Gasteiger charge is -2.08. The standard InChI is InChI=1S/C23H20N4O4S/c1-30-17-9-5-14(6-10-17)19-11-18-21(32-19)22(26-13-25-18)27-16-7-3-15(4-8-16)23(29)24-12-20(28)31-2/h3-11,13H,12H2,1-2H3,(H,24,29)(H,25,26,27). The maximum absolute atomic E-state index is 12.1. The number of ether oxygens (including phenoxy) is 2. The van der Waals surface area contributed by atoms with Gasteiger partial charge in [-0.05, 0) is 60.2 Å². The van der Waals surface area contributed by atoms with Crippen molar-refractivity contribution in [1.82, 2.24) is 15.3 Å². The number of nitrogens with one attached hydrogen (secondary N) is 2. The Morgan fingerprint density at radius 3 is 2.44 bits per heavy atom. The zero-order valence-electron chi connectivity index (χ0n) is 17.4. The van der Waals surface area contributed by atoms with Crippen LogP contribution in [-0.2, 0) is 9.53 Å². The van der Waals surface area contributed by atoms with Crippen molar-refractivity contribution < 1.29 is 19.1 Å². The molecule has 0 aliphatic rings. The number of hydrogen-bond donors (Lipinski definition) is 2. The molecule has 0 aliphatic carbocycles. The van der Waals surface area contributed by atoms with Gasteiger partial charge in [-0.3, -0.25) is 9.59 Å². The van der Waals surface area contributed by atoms with Crippen LogP contribution in [0.15, 0.2) is 60.9 Å².